The lowest BCUT2D eigenvalue weighted by atomic mass is 10.1. The Bertz CT molecular complexity index is 505. The lowest BCUT2D eigenvalue weighted by Gasteiger charge is -2.19. The van der Waals surface area contributed by atoms with Crippen LogP contribution in [-0.2, 0) is 11.3 Å². The van der Waals surface area contributed by atoms with E-state index in [1.54, 1.807) is 14.2 Å². The van der Waals surface area contributed by atoms with E-state index in [-0.39, 0.29) is 6.42 Å². The van der Waals surface area contributed by atoms with Crippen molar-refractivity contribution in [3.63, 3.8) is 0 Å². The first kappa shape index (κ1) is 16.8. The number of carbonyl (C=O) groups excluding carboxylic acids is 2. The van der Waals surface area contributed by atoms with Gasteiger partial charge >= 0.3 is 6.03 Å². The molecule has 0 aliphatic rings. The van der Waals surface area contributed by atoms with Crippen molar-refractivity contribution in [3.05, 3.63) is 23.8 Å². The number of hydrogen-bond acceptors (Lipinski definition) is 5. The van der Waals surface area contributed by atoms with Crippen molar-refractivity contribution in [3.8, 4) is 11.5 Å². The third-order valence-corrected chi connectivity index (χ3v) is 2.91. The Morgan fingerprint density at radius 1 is 1.29 bits per heavy atom. The highest BCUT2D eigenvalue weighted by atomic mass is 16.5. The van der Waals surface area contributed by atoms with Gasteiger partial charge in [0.25, 0.3) is 0 Å². The summed E-state index contributed by atoms with van der Waals surface area (Å²) in [5.41, 5.74) is 5.83. The van der Waals surface area contributed by atoms with E-state index >= 15 is 0 Å². The predicted octanol–water partition coefficient (Wildman–Crippen LogP) is 0.721. The Morgan fingerprint density at radius 3 is 2.57 bits per heavy atom. The van der Waals surface area contributed by atoms with Crippen LogP contribution in [0.4, 0.5) is 4.79 Å². The molecule has 21 heavy (non-hydrogen) atoms. The van der Waals surface area contributed by atoms with E-state index in [0.29, 0.717) is 24.6 Å². The van der Waals surface area contributed by atoms with E-state index in [1.807, 2.05) is 35.5 Å². The van der Waals surface area contributed by atoms with Gasteiger partial charge in [-0.25, -0.2) is 4.79 Å². The van der Waals surface area contributed by atoms with Crippen molar-refractivity contribution >= 4 is 11.9 Å². The normalized spacial score (nSPS) is 10.3. The number of amides is 3. The molecule has 1 rings (SSSR count). The number of carbonyl (C=O) groups is 2. The van der Waals surface area contributed by atoms with Crippen LogP contribution < -0.4 is 20.5 Å². The summed E-state index contributed by atoms with van der Waals surface area (Å²) >= 11 is 0. The van der Waals surface area contributed by atoms with Crippen molar-refractivity contribution in [2.24, 2.45) is 5.73 Å². The van der Waals surface area contributed by atoms with Crippen LogP contribution in [0.5, 0.6) is 11.5 Å². The number of primary amides is 1. The molecular weight excluding hydrogens is 274 g/mol. The number of nitrogens with zero attached hydrogens (tertiary/aromatic N) is 1. The third-order valence-electron chi connectivity index (χ3n) is 2.91. The molecule has 1 aromatic carbocycles. The second-order valence-electron chi connectivity index (χ2n) is 4.55. The van der Waals surface area contributed by atoms with Gasteiger partial charge in [0.2, 0.25) is 5.91 Å². The van der Waals surface area contributed by atoms with Gasteiger partial charge in [0.15, 0.2) is 11.5 Å². The van der Waals surface area contributed by atoms with Crippen LogP contribution in [0.25, 0.3) is 0 Å². The Labute approximate surface area is 124 Å². The molecule has 116 valence electrons. The first-order chi connectivity index (χ1) is 9.97. The number of imide groups is 1. The largest absolute Gasteiger partial charge is 0.493 e. The number of nitrogens with one attached hydrogen (secondary N) is 1. The minimum absolute atomic E-state index is 0.186. The summed E-state index contributed by atoms with van der Waals surface area (Å²) in [4.78, 5) is 23.8. The summed E-state index contributed by atoms with van der Waals surface area (Å²) < 4.78 is 10.6. The average Bonchev–Trinajstić information content (AvgIpc) is 2.44. The van der Waals surface area contributed by atoms with Crippen LogP contribution in [0.2, 0.25) is 0 Å². The molecule has 7 heteroatoms. The summed E-state index contributed by atoms with van der Waals surface area (Å²) in [6.07, 6.45) is 0.186. The van der Waals surface area contributed by atoms with Crippen LogP contribution in [0, 0.1) is 0 Å². The SMILES string of the molecule is COc1cccc(CN(C)CCC(=O)NC(N)=O)c1OC. The number of hydrogen-bond donors (Lipinski definition) is 2. The molecule has 0 saturated heterocycles. The van der Waals surface area contributed by atoms with Crippen molar-refractivity contribution in [1.29, 1.82) is 0 Å². The predicted molar refractivity (Wildman–Crippen MR) is 78.2 cm³/mol. The first-order valence-electron chi connectivity index (χ1n) is 6.45. The molecular formula is C14H21N3O4. The highest BCUT2D eigenvalue weighted by Crippen LogP contribution is 2.31. The maximum absolute atomic E-state index is 11.4. The Hall–Kier alpha value is -2.28. The zero-order valence-electron chi connectivity index (χ0n) is 12.5. The topological polar surface area (TPSA) is 93.9 Å². The Balaban J connectivity index is 2.60. The molecule has 0 saturated carbocycles. The Kier molecular flexibility index (Phi) is 6.48. The van der Waals surface area contributed by atoms with Gasteiger partial charge < -0.3 is 20.1 Å². The fourth-order valence-corrected chi connectivity index (χ4v) is 1.94. The van der Waals surface area contributed by atoms with Crippen molar-refractivity contribution in [2.75, 3.05) is 27.8 Å². The van der Waals surface area contributed by atoms with E-state index in [0.717, 1.165) is 5.56 Å². The van der Waals surface area contributed by atoms with Crippen molar-refractivity contribution in [2.45, 2.75) is 13.0 Å². The zero-order valence-corrected chi connectivity index (χ0v) is 12.5. The molecule has 0 bridgehead atoms. The minimum Gasteiger partial charge on any atom is -0.493 e. The smallest absolute Gasteiger partial charge is 0.318 e. The van der Waals surface area contributed by atoms with Gasteiger partial charge in [-0.1, -0.05) is 12.1 Å². The monoisotopic (exact) mass is 295 g/mol. The number of ether oxygens (including phenoxy) is 2. The summed E-state index contributed by atoms with van der Waals surface area (Å²) in [6.45, 7) is 1.07. The number of rotatable bonds is 7. The molecule has 3 N–H and O–H groups in total. The molecule has 0 atom stereocenters. The highest BCUT2D eigenvalue weighted by Gasteiger charge is 2.12. The van der Waals surface area contributed by atoms with Gasteiger partial charge in [0.1, 0.15) is 0 Å². The molecule has 0 radical (unpaired) electrons. The van der Waals surface area contributed by atoms with Gasteiger partial charge in [-0.05, 0) is 13.1 Å². The van der Waals surface area contributed by atoms with Crippen molar-refractivity contribution in [1.82, 2.24) is 10.2 Å². The zero-order chi connectivity index (χ0) is 15.8. The van der Waals surface area contributed by atoms with Crippen molar-refractivity contribution < 1.29 is 19.1 Å². The highest BCUT2D eigenvalue weighted by molar-refractivity contribution is 5.93. The van der Waals surface area contributed by atoms with Gasteiger partial charge in [0, 0.05) is 25.1 Å². The van der Waals surface area contributed by atoms with Crippen LogP contribution in [0.1, 0.15) is 12.0 Å². The number of nitrogens with two attached hydrogens (primary N) is 1. The lowest BCUT2D eigenvalue weighted by Crippen LogP contribution is -2.36. The maximum Gasteiger partial charge on any atom is 0.318 e. The molecule has 3 amide bonds. The molecule has 0 spiro atoms. The van der Waals surface area contributed by atoms with Crippen LogP contribution in [-0.4, -0.2) is 44.7 Å². The minimum atomic E-state index is -0.836. The van der Waals surface area contributed by atoms with Gasteiger partial charge in [-0.2, -0.15) is 0 Å². The standard InChI is InChI=1S/C14H21N3O4/c1-17(8-7-12(18)16-14(15)19)9-10-5-4-6-11(20-2)13(10)21-3/h4-6H,7-9H2,1-3H3,(H3,15,16,18,19). The average molecular weight is 295 g/mol. The lowest BCUT2D eigenvalue weighted by molar-refractivity contribution is -0.120. The molecule has 0 fully saturated rings. The first-order valence-corrected chi connectivity index (χ1v) is 6.45. The third kappa shape index (κ3) is 5.31. The fourth-order valence-electron chi connectivity index (χ4n) is 1.94. The molecule has 0 unspecified atom stereocenters. The van der Waals surface area contributed by atoms with Crippen LogP contribution in [0.3, 0.4) is 0 Å². The van der Waals surface area contributed by atoms with Gasteiger partial charge in [-0.3, -0.25) is 10.1 Å². The summed E-state index contributed by atoms with van der Waals surface area (Å²) in [5, 5.41) is 2.03. The van der Waals surface area contributed by atoms with Crippen LogP contribution >= 0.6 is 0 Å². The van der Waals surface area contributed by atoms with Gasteiger partial charge in [0.05, 0.1) is 14.2 Å². The molecule has 1 aromatic rings. The van der Waals surface area contributed by atoms with E-state index in [9.17, 15) is 9.59 Å². The number of methoxy groups -OCH3 is 2. The fraction of sp³-hybridized carbons (Fsp3) is 0.429. The summed E-state index contributed by atoms with van der Waals surface area (Å²) in [5.74, 6) is 0.940. The van der Waals surface area contributed by atoms with Crippen LogP contribution in [0.15, 0.2) is 18.2 Å². The maximum atomic E-state index is 11.4. The second kappa shape index (κ2) is 8.11. The molecule has 0 aliphatic carbocycles. The summed E-state index contributed by atoms with van der Waals surface area (Å²) in [7, 11) is 5.04. The number of para-hydroxylation sites is 1. The van der Waals surface area contributed by atoms with Gasteiger partial charge in [-0.15, -0.1) is 0 Å². The molecule has 7 nitrogen and oxygen atoms in total. The molecule has 0 aromatic heterocycles. The quantitative estimate of drug-likeness (QED) is 0.773. The summed E-state index contributed by atoms with van der Waals surface area (Å²) in [6, 6.07) is 4.80. The number of benzene rings is 1. The van der Waals surface area contributed by atoms with E-state index in [1.165, 1.54) is 0 Å². The Morgan fingerprint density at radius 2 is 2.00 bits per heavy atom. The number of urea groups is 1. The molecule has 0 heterocycles. The molecule has 0 aliphatic heterocycles. The van der Waals surface area contributed by atoms with E-state index < -0.39 is 11.9 Å². The second-order valence-corrected chi connectivity index (χ2v) is 4.55. The van der Waals surface area contributed by atoms with E-state index in [2.05, 4.69) is 0 Å². The van der Waals surface area contributed by atoms with E-state index in [4.69, 9.17) is 15.2 Å².